The average Bonchev–Trinajstić information content (AvgIpc) is 3.39. The molecule has 1 aliphatic heterocycles. The van der Waals surface area contributed by atoms with E-state index >= 15 is 0 Å². The number of hydrazone groups is 1. The highest BCUT2D eigenvalue weighted by Gasteiger charge is 2.32. The second-order valence-electron chi connectivity index (χ2n) is 8.79. The van der Waals surface area contributed by atoms with Crippen molar-refractivity contribution in [3.8, 4) is 17.0 Å². The minimum atomic E-state index is -0.0670. The minimum Gasteiger partial charge on any atom is -0.497 e. The van der Waals surface area contributed by atoms with Gasteiger partial charge in [0.1, 0.15) is 5.75 Å². The number of ether oxygens (including phenoxy) is 1. The highest BCUT2D eigenvalue weighted by atomic mass is 79.9. The number of aromatic nitrogens is 2. The Labute approximate surface area is 228 Å². The van der Waals surface area contributed by atoms with Crippen LogP contribution in [0, 0.1) is 0 Å². The zero-order valence-electron chi connectivity index (χ0n) is 20.0. The molecule has 37 heavy (non-hydrogen) atoms. The molecule has 5 aromatic rings. The lowest BCUT2D eigenvalue weighted by molar-refractivity contribution is 0.414. The fraction of sp³-hybridized carbons (Fsp3) is 0.100. The molecule has 1 atom stereocenters. The number of rotatable bonds is 5. The fourth-order valence-electron chi connectivity index (χ4n) is 4.62. The largest absolute Gasteiger partial charge is 0.497 e. The number of nitrogens with zero attached hydrogens (tertiary/aromatic N) is 4. The fourth-order valence-corrected chi connectivity index (χ4v) is 5.06. The van der Waals surface area contributed by atoms with Crippen molar-refractivity contribution < 1.29 is 4.74 Å². The topological polar surface area (TPSA) is 50.6 Å². The Balaban J connectivity index is 1.53. The van der Waals surface area contributed by atoms with Gasteiger partial charge in [-0.15, -0.1) is 0 Å². The average molecular weight is 570 g/mol. The van der Waals surface area contributed by atoms with Crippen molar-refractivity contribution in [3.63, 3.8) is 0 Å². The zero-order chi connectivity index (χ0) is 25.4. The summed E-state index contributed by atoms with van der Waals surface area (Å²) in [6.07, 6.45) is 0.706. The first kappa shape index (κ1) is 23.6. The standard InChI is InChI=1S/C30H22BrClN4O/c1-37-24-9-5-8-21(16-24)27-18-28(19-10-12-22(31)13-11-19)36(35-27)30-33-26-15-14-23(32)17-25(26)29(34-30)20-6-3-2-4-7-20/h2-17,28H,18H2,1H3/t28-/m0/s1. The second-order valence-corrected chi connectivity index (χ2v) is 10.1. The molecule has 0 saturated heterocycles. The van der Waals surface area contributed by atoms with Crippen molar-refractivity contribution in [1.29, 1.82) is 0 Å². The molecule has 182 valence electrons. The number of hydrogen-bond acceptors (Lipinski definition) is 5. The van der Waals surface area contributed by atoms with Gasteiger partial charge < -0.3 is 4.74 Å². The molecule has 7 heteroatoms. The van der Waals surface area contributed by atoms with Crippen LogP contribution in [0.15, 0.2) is 107 Å². The molecule has 1 aliphatic rings. The van der Waals surface area contributed by atoms with E-state index in [2.05, 4.69) is 46.3 Å². The molecular weight excluding hydrogens is 548 g/mol. The lowest BCUT2D eigenvalue weighted by atomic mass is 9.98. The maximum atomic E-state index is 6.37. The molecular formula is C30H22BrClN4O. The van der Waals surface area contributed by atoms with E-state index in [4.69, 9.17) is 31.4 Å². The van der Waals surface area contributed by atoms with Crippen LogP contribution in [0.3, 0.4) is 0 Å². The Hall–Kier alpha value is -3.74. The normalized spacial score (nSPS) is 15.2. The maximum Gasteiger partial charge on any atom is 0.247 e. The van der Waals surface area contributed by atoms with Gasteiger partial charge >= 0.3 is 0 Å². The number of anilines is 1. The van der Waals surface area contributed by atoms with Crippen molar-refractivity contribution in [2.24, 2.45) is 5.10 Å². The first-order chi connectivity index (χ1) is 18.1. The highest BCUT2D eigenvalue weighted by molar-refractivity contribution is 9.10. The van der Waals surface area contributed by atoms with Gasteiger partial charge in [0.05, 0.1) is 30.1 Å². The summed E-state index contributed by atoms with van der Waals surface area (Å²) >= 11 is 9.93. The lowest BCUT2D eigenvalue weighted by Gasteiger charge is -2.23. The summed E-state index contributed by atoms with van der Waals surface area (Å²) in [4.78, 5) is 10.0. The monoisotopic (exact) mass is 568 g/mol. The molecule has 5 nitrogen and oxygen atoms in total. The maximum absolute atomic E-state index is 6.37. The smallest absolute Gasteiger partial charge is 0.247 e. The van der Waals surface area contributed by atoms with Gasteiger partial charge in [0.2, 0.25) is 5.95 Å². The number of methoxy groups -OCH3 is 1. The quantitative estimate of drug-likeness (QED) is 0.215. The third kappa shape index (κ3) is 4.70. The van der Waals surface area contributed by atoms with E-state index in [-0.39, 0.29) is 6.04 Å². The van der Waals surface area contributed by atoms with Crippen LogP contribution in [0.1, 0.15) is 23.6 Å². The summed E-state index contributed by atoms with van der Waals surface area (Å²) in [5.41, 5.74) is 5.73. The number of halogens is 2. The van der Waals surface area contributed by atoms with Gasteiger partial charge in [-0.05, 0) is 48.0 Å². The third-order valence-corrected chi connectivity index (χ3v) is 7.23. The summed E-state index contributed by atoms with van der Waals surface area (Å²) in [7, 11) is 1.67. The molecule has 6 rings (SSSR count). The lowest BCUT2D eigenvalue weighted by Crippen LogP contribution is -2.21. The van der Waals surface area contributed by atoms with Gasteiger partial charge in [-0.3, -0.25) is 0 Å². The Morgan fingerprint density at radius 1 is 0.865 bits per heavy atom. The molecule has 0 fully saturated rings. The van der Waals surface area contributed by atoms with E-state index in [1.807, 2.05) is 71.7 Å². The highest BCUT2D eigenvalue weighted by Crippen LogP contribution is 2.38. The first-order valence-electron chi connectivity index (χ1n) is 11.9. The van der Waals surface area contributed by atoms with E-state index in [1.54, 1.807) is 7.11 Å². The number of benzene rings is 4. The van der Waals surface area contributed by atoms with E-state index in [0.717, 1.165) is 49.2 Å². The molecule has 0 saturated carbocycles. The van der Waals surface area contributed by atoms with E-state index < -0.39 is 0 Å². The molecule has 1 aromatic heterocycles. The molecule has 4 aromatic carbocycles. The van der Waals surface area contributed by atoms with E-state index in [9.17, 15) is 0 Å². The van der Waals surface area contributed by atoms with Crippen LogP contribution in [0.2, 0.25) is 5.02 Å². The molecule has 0 spiro atoms. The van der Waals surface area contributed by atoms with Crippen LogP contribution in [0.4, 0.5) is 5.95 Å². The number of hydrogen-bond donors (Lipinski definition) is 0. The summed E-state index contributed by atoms with van der Waals surface area (Å²) in [5.74, 6) is 1.34. The van der Waals surface area contributed by atoms with Gasteiger partial charge in [0.25, 0.3) is 0 Å². The van der Waals surface area contributed by atoms with Crippen molar-refractivity contribution >= 4 is 50.1 Å². The predicted octanol–water partition coefficient (Wildman–Crippen LogP) is 8.08. The third-order valence-electron chi connectivity index (χ3n) is 6.47. The Morgan fingerprint density at radius 2 is 1.65 bits per heavy atom. The Morgan fingerprint density at radius 3 is 2.43 bits per heavy atom. The molecule has 0 radical (unpaired) electrons. The van der Waals surface area contributed by atoms with Crippen LogP contribution in [0.25, 0.3) is 22.2 Å². The van der Waals surface area contributed by atoms with Crippen LogP contribution >= 0.6 is 27.5 Å². The van der Waals surface area contributed by atoms with Crippen molar-refractivity contribution in [3.05, 3.63) is 118 Å². The van der Waals surface area contributed by atoms with Gasteiger partial charge in [-0.2, -0.15) is 5.10 Å². The SMILES string of the molecule is COc1cccc(C2=NN(c3nc(-c4ccccc4)c4cc(Cl)ccc4n3)[C@H](c3ccc(Br)cc3)C2)c1. The Kier molecular flexibility index (Phi) is 6.37. The summed E-state index contributed by atoms with van der Waals surface area (Å²) in [5, 5.41) is 8.57. The van der Waals surface area contributed by atoms with Crippen LogP contribution in [-0.2, 0) is 0 Å². The number of fused-ring (bicyclic) bond motifs is 1. The van der Waals surface area contributed by atoms with E-state index in [0.29, 0.717) is 17.4 Å². The molecule has 0 aliphatic carbocycles. The molecule has 0 bridgehead atoms. The summed E-state index contributed by atoms with van der Waals surface area (Å²) in [6.45, 7) is 0. The summed E-state index contributed by atoms with van der Waals surface area (Å²) in [6, 6.07) is 32.1. The van der Waals surface area contributed by atoms with Crippen molar-refractivity contribution in [1.82, 2.24) is 9.97 Å². The molecule has 0 amide bonds. The summed E-state index contributed by atoms with van der Waals surface area (Å²) < 4.78 is 6.49. The molecule has 2 heterocycles. The van der Waals surface area contributed by atoms with Gasteiger partial charge in [0.15, 0.2) is 0 Å². The van der Waals surface area contributed by atoms with Gasteiger partial charge in [0, 0.05) is 32.4 Å². The van der Waals surface area contributed by atoms with Crippen LogP contribution < -0.4 is 9.75 Å². The molecule has 0 unspecified atom stereocenters. The Bertz CT molecular complexity index is 1620. The van der Waals surface area contributed by atoms with Crippen molar-refractivity contribution in [2.75, 3.05) is 12.1 Å². The molecule has 0 N–H and O–H groups in total. The zero-order valence-corrected chi connectivity index (χ0v) is 22.3. The van der Waals surface area contributed by atoms with Crippen LogP contribution in [-0.4, -0.2) is 22.8 Å². The first-order valence-corrected chi connectivity index (χ1v) is 13.1. The predicted molar refractivity (Wildman–Crippen MR) is 153 cm³/mol. The second kappa shape index (κ2) is 9.96. The minimum absolute atomic E-state index is 0.0670. The van der Waals surface area contributed by atoms with E-state index in [1.165, 1.54) is 0 Å². The van der Waals surface area contributed by atoms with Gasteiger partial charge in [-0.1, -0.05) is 82.1 Å². The van der Waals surface area contributed by atoms with Crippen molar-refractivity contribution in [2.45, 2.75) is 12.5 Å². The van der Waals surface area contributed by atoms with Crippen LogP contribution in [0.5, 0.6) is 5.75 Å². The van der Waals surface area contributed by atoms with Gasteiger partial charge in [-0.25, -0.2) is 15.0 Å².